The zero-order valence-electron chi connectivity index (χ0n) is 9.78. The smallest absolute Gasteiger partial charge is 0.131 e. The molecule has 0 aromatic heterocycles. The molecule has 88 valence electrons. The lowest BCUT2D eigenvalue weighted by Gasteiger charge is -2.06. The second kappa shape index (κ2) is 5.11. The third-order valence-corrected chi connectivity index (χ3v) is 2.89. The van der Waals surface area contributed by atoms with E-state index in [0.29, 0.717) is 5.56 Å². The minimum absolute atomic E-state index is 0.0691. The SMILES string of the molecule is CCc1ccc(-c2cc(CO)ccc2F)cc1. The highest BCUT2D eigenvalue weighted by Crippen LogP contribution is 2.24. The van der Waals surface area contributed by atoms with Gasteiger partial charge in [-0.3, -0.25) is 0 Å². The third-order valence-electron chi connectivity index (χ3n) is 2.89. The number of benzene rings is 2. The summed E-state index contributed by atoms with van der Waals surface area (Å²) in [5, 5.41) is 9.06. The van der Waals surface area contributed by atoms with Crippen LogP contribution < -0.4 is 0 Å². The van der Waals surface area contributed by atoms with E-state index in [0.717, 1.165) is 17.5 Å². The van der Waals surface area contributed by atoms with Gasteiger partial charge in [0.25, 0.3) is 0 Å². The van der Waals surface area contributed by atoms with Crippen LogP contribution in [0.3, 0.4) is 0 Å². The summed E-state index contributed by atoms with van der Waals surface area (Å²) in [6.45, 7) is 2.02. The van der Waals surface area contributed by atoms with Gasteiger partial charge in [0.1, 0.15) is 5.82 Å². The fourth-order valence-corrected chi connectivity index (χ4v) is 1.81. The molecule has 0 aliphatic carbocycles. The number of halogens is 1. The maximum atomic E-state index is 13.7. The molecule has 0 saturated heterocycles. The highest BCUT2D eigenvalue weighted by atomic mass is 19.1. The van der Waals surface area contributed by atoms with Gasteiger partial charge < -0.3 is 5.11 Å². The summed E-state index contributed by atoms with van der Waals surface area (Å²) >= 11 is 0. The van der Waals surface area contributed by atoms with Crippen molar-refractivity contribution < 1.29 is 9.50 Å². The van der Waals surface area contributed by atoms with Crippen LogP contribution in [0.5, 0.6) is 0 Å². The number of hydrogen-bond donors (Lipinski definition) is 1. The van der Waals surface area contributed by atoms with Crippen molar-refractivity contribution in [3.05, 3.63) is 59.4 Å². The second-order valence-corrected chi connectivity index (χ2v) is 4.02. The Labute approximate surface area is 101 Å². The first-order valence-corrected chi connectivity index (χ1v) is 5.73. The van der Waals surface area contributed by atoms with E-state index in [1.165, 1.54) is 11.6 Å². The highest BCUT2D eigenvalue weighted by Gasteiger charge is 2.05. The Balaban J connectivity index is 2.43. The van der Waals surface area contributed by atoms with Gasteiger partial charge in [-0.2, -0.15) is 0 Å². The molecule has 0 radical (unpaired) electrons. The van der Waals surface area contributed by atoms with Crippen LogP contribution in [-0.2, 0) is 13.0 Å². The summed E-state index contributed by atoms with van der Waals surface area (Å²) in [7, 11) is 0. The maximum Gasteiger partial charge on any atom is 0.131 e. The molecule has 0 aliphatic heterocycles. The van der Waals surface area contributed by atoms with Crippen LogP contribution in [-0.4, -0.2) is 5.11 Å². The summed E-state index contributed by atoms with van der Waals surface area (Å²) in [5.74, 6) is -0.258. The second-order valence-electron chi connectivity index (χ2n) is 4.02. The lowest BCUT2D eigenvalue weighted by Crippen LogP contribution is -1.89. The number of aryl methyl sites for hydroxylation is 1. The molecule has 1 N–H and O–H groups in total. The first-order chi connectivity index (χ1) is 8.24. The average molecular weight is 230 g/mol. The first-order valence-electron chi connectivity index (χ1n) is 5.73. The molecule has 0 aliphatic rings. The summed E-state index contributed by atoms with van der Waals surface area (Å²) in [6, 6.07) is 12.5. The fraction of sp³-hybridized carbons (Fsp3) is 0.200. The van der Waals surface area contributed by atoms with Crippen molar-refractivity contribution in [2.75, 3.05) is 0 Å². The van der Waals surface area contributed by atoms with Gasteiger partial charge >= 0.3 is 0 Å². The largest absolute Gasteiger partial charge is 0.392 e. The number of hydrogen-bond acceptors (Lipinski definition) is 1. The van der Waals surface area contributed by atoms with Crippen molar-refractivity contribution in [2.24, 2.45) is 0 Å². The summed E-state index contributed by atoms with van der Waals surface area (Å²) in [5.41, 5.74) is 3.34. The van der Waals surface area contributed by atoms with Crippen LogP contribution in [0.15, 0.2) is 42.5 Å². The average Bonchev–Trinajstić information content (AvgIpc) is 2.39. The molecule has 0 bridgehead atoms. The maximum absolute atomic E-state index is 13.7. The normalized spacial score (nSPS) is 10.5. The molecule has 0 spiro atoms. The van der Waals surface area contributed by atoms with Crippen molar-refractivity contribution >= 4 is 0 Å². The van der Waals surface area contributed by atoms with E-state index in [2.05, 4.69) is 6.92 Å². The summed E-state index contributed by atoms with van der Waals surface area (Å²) in [6.07, 6.45) is 0.972. The van der Waals surface area contributed by atoms with Gasteiger partial charge in [-0.15, -0.1) is 0 Å². The van der Waals surface area contributed by atoms with Gasteiger partial charge in [0, 0.05) is 5.56 Å². The van der Waals surface area contributed by atoms with Crippen LogP contribution in [0.1, 0.15) is 18.1 Å². The molecule has 0 fully saturated rings. The standard InChI is InChI=1S/C15H15FO/c1-2-11-3-6-13(7-4-11)14-9-12(10-17)5-8-15(14)16/h3-9,17H,2,10H2,1H3. The summed E-state index contributed by atoms with van der Waals surface area (Å²) < 4.78 is 13.7. The zero-order chi connectivity index (χ0) is 12.3. The van der Waals surface area contributed by atoms with E-state index in [1.807, 2.05) is 24.3 Å². The molecule has 0 atom stereocenters. The third kappa shape index (κ3) is 2.53. The lowest BCUT2D eigenvalue weighted by molar-refractivity contribution is 0.282. The highest BCUT2D eigenvalue weighted by molar-refractivity contribution is 5.65. The number of aliphatic hydroxyl groups is 1. The van der Waals surface area contributed by atoms with E-state index in [9.17, 15) is 4.39 Å². The molecule has 2 aromatic carbocycles. The predicted molar refractivity (Wildman–Crippen MR) is 67.1 cm³/mol. The monoisotopic (exact) mass is 230 g/mol. The Kier molecular flexibility index (Phi) is 3.55. The van der Waals surface area contributed by atoms with Crippen molar-refractivity contribution in [1.82, 2.24) is 0 Å². The lowest BCUT2D eigenvalue weighted by atomic mass is 10.0. The van der Waals surface area contributed by atoms with Gasteiger partial charge in [-0.05, 0) is 35.2 Å². The van der Waals surface area contributed by atoms with Crippen molar-refractivity contribution in [3.8, 4) is 11.1 Å². The first kappa shape index (κ1) is 11.8. The number of aliphatic hydroxyl groups excluding tert-OH is 1. The van der Waals surface area contributed by atoms with E-state index >= 15 is 0 Å². The molecule has 0 heterocycles. The Morgan fingerprint density at radius 2 is 1.65 bits per heavy atom. The Bertz CT molecular complexity index is 503. The molecule has 0 unspecified atom stereocenters. The molecule has 2 rings (SSSR count). The van der Waals surface area contributed by atoms with E-state index in [-0.39, 0.29) is 12.4 Å². The van der Waals surface area contributed by atoms with Crippen LogP contribution in [0, 0.1) is 5.82 Å². The van der Waals surface area contributed by atoms with Crippen molar-refractivity contribution in [3.63, 3.8) is 0 Å². The van der Waals surface area contributed by atoms with Crippen LogP contribution in [0.4, 0.5) is 4.39 Å². The minimum atomic E-state index is -0.258. The van der Waals surface area contributed by atoms with Gasteiger partial charge in [0.05, 0.1) is 6.61 Å². The Morgan fingerprint density at radius 1 is 1.00 bits per heavy atom. The molecular weight excluding hydrogens is 215 g/mol. The predicted octanol–water partition coefficient (Wildman–Crippen LogP) is 3.55. The van der Waals surface area contributed by atoms with E-state index in [1.54, 1.807) is 12.1 Å². The molecule has 17 heavy (non-hydrogen) atoms. The van der Waals surface area contributed by atoms with E-state index < -0.39 is 0 Å². The zero-order valence-corrected chi connectivity index (χ0v) is 9.78. The number of rotatable bonds is 3. The van der Waals surface area contributed by atoms with Gasteiger partial charge in [0.2, 0.25) is 0 Å². The minimum Gasteiger partial charge on any atom is -0.392 e. The van der Waals surface area contributed by atoms with E-state index in [4.69, 9.17) is 5.11 Å². The fourth-order valence-electron chi connectivity index (χ4n) is 1.81. The summed E-state index contributed by atoms with van der Waals surface area (Å²) in [4.78, 5) is 0. The van der Waals surface area contributed by atoms with Crippen LogP contribution in [0.2, 0.25) is 0 Å². The van der Waals surface area contributed by atoms with Crippen LogP contribution in [0.25, 0.3) is 11.1 Å². The quantitative estimate of drug-likeness (QED) is 0.855. The molecule has 2 heteroatoms. The molecule has 0 saturated carbocycles. The Hall–Kier alpha value is -1.67. The van der Waals surface area contributed by atoms with Gasteiger partial charge in [-0.25, -0.2) is 4.39 Å². The van der Waals surface area contributed by atoms with Gasteiger partial charge in [-0.1, -0.05) is 37.3 Å². The van der Waals surface area contributed by atoms with Crippen molar-refractivity contribution in [1.29, 1.82) is 0 Å². The molecule has 1 nitrogen and oxygen atoms in total. The van der Waals surface area contributed by atoms with Crippen molar-refractivity contribution in [2.45, 2.75) is 20.0 Å². The van der Waals surface area contributed by atoms with Crippen LogP contribution >= 0.6 is 0 Å². The molecule has 0 amide bonds. The molecular formula is C15H15FO. The molecule has 2 aromatic rings. The topological polar surface area (TPSA) is 20.2 Å². The Morgan fingerprint density at radius 3 is 2.24 bits per heavy atom. The van der Waals surface area contributed by atoms with Gasteiger partial charge in [0.15, 0.2) is 0 Å².